The highest BCUT2D eigenvalue weighted by atomic mass is 32.2. The maximum atomic E-state index is 11.4. The van der Waals surface area contributed by atoms with Crippen molar-refractivity contribution in [3.8, 4) is 0 Å². The molecule has 0 saturated heterocycles. The first-order valence-electron chi connectivity index (χ1n) is 4.55. The first-order valence-corrected chi connectivity index (χ1v) is 7.49. The number of carboxylic acid groups (broad SMARTS) is 1. The van der Waals surface area contributed by atoms with Crippen molar-refractivity contribution >= 4 is 27.8 Å². The average Bonchev–Trinajstić information content (AvgIpc) is 2.14. The van der Waals surface area contributed by atoms with E-state index in [1.807, 2.05) is 0 Å². The first kappa shape index (κ1) is 15.7. The van der Waals surface area contributed by atoms with E-state index in [1.54, 1.807) is 6.26 Å². The minimum atomic E-state index is -3.93. The van der Waals surface area contributed by atoms with Crippen LogP contribution in [0.15, 0.2) is 0 Å². The predicted molar refractivity (Wildman–Crippen MR) is 63.0 cm³/mol. The molecule has 16 heavy (non-hydrogen) atoms. The zero-order valence-electron chi connectivity index (χ0n) is 9.43. The molecule has 0 heterocycles. The van der Waals surface area contributed by atoms with Gasteiger partial charge in [0, 0.05) is 12.3 Å². The summed E-state index contributed by atoms with van der Waals surface area (Å²) in [6.45, 7) is 2.36. The van der Waals surface area contributed by atoms with Gasteiger partial charge in [-0.05, 0) is 20.1 Å². The van der Waals surface area contributed by atoms with Gasteiger partial charge in [0.05, 0.1) is 5.60 Å². The summed E-state index contributed by atoms with van der Waals surface area (Å²) < 4.78 is 24.9. The average molecular weight is 271 g/mol. The number of sulfonamides is 1. The van der Waals surface area contributed by atoms with Gasteiger partial charge in [0.2, 0.25) is 10.0 Å². The standard InChI is InChI=1S/C8H17NO5S2/c1-6(7(10)11)16(13,14)9-4-8(2,12)5-15-3/h6,9,12H,4-5H2,1-3H3,(H,10,11). The van der Waals surface area contributed by atoms with Crippen LogP contribution in [0.25, 0.3) is 0 Å². The van der Waals surface area contributed by atoms with Crippen LogP contribution in [0.1, 0.15) is 13.8 Å². The molecule has 0 aromatic rings. The molecule has 3 N–H and O–H groups in total. The summed E-state index contributed by atoms with van der Waals surface area (Å²) in [5, 5.41) is 16.7. The molecule has 2 unspecified atom stereocenters. The fourth-order valence-corrected chi connectivity index (χ4v) is 2.63. The van der Waals surface area contributed by atoms with Crippen LogP contribution in [-0.2, 0) is 14.8 Å². The summed E-state index contributed by atoms with van der Waals surface area (Å²) in [4.78, 5) is 10.5. The van der Waals surface area contributed by atoms with E-state index in [4.69, 9.17) is 5.11 Å². The van der Waals surface area contributed by atoms with E-state index >= 15 is 0 Å². The minimum Gasteiger partial charge on any atom is -0.480 e. The molecule has 0 rings (SSSR count). The Morgan fingerprint density at radius 3 is 2.44 bits per heavy atom. The normalized spacial score (nSPS) is 17.8. The summed E-state index contributed by atoms with van der Waals surface area (Å²) in [5.41, 5.74) is -1.19. The van der Waals surface area contributed by atoms with Crippen molar-refractivity contribution < 1.29 is 23.4 Å². The number of carbonyl (C=O) groups is 1. The molecule has 0 bridgehead atoms. The Morgan fingerprint density at radius 2 is 2.06 bits per heavy atom. The second kappa shape index (κ2) is 5.85. The van der Waals surface area contributed by atoms with E-state index in [1.165, 1.54) is 18.7 Å². The van der Waals surface area contributed by atoms with Gasteiger partial charge >= 0.3 is 5.97 Å². The van der Waals surface area contributed by atoms with E-state index in [0.717, 1.165) is 6.92 Å². The van der Waals surface area contributed by atoms with Gasteiger partial charge in [-0.3, -0.25) is 4.79 Å². The lowest BCUT2D eigenvalue weighted by atomic mass is 10.1. The lowest BCUT2D eigenvalue weighted by Gasteiger charge is -2.23. The number of carboxylic acids is 1. The minimum absolute atomic E-state index is 0.201. The van der Waals surface area contributed by atoms with Crippen LogP contribution in [0.3, 0.4) is 0 Å². The predicted octanol–water partition coefficient (Wildman–Crippen LogP) is -0.507. The third kappa shape index (κ3) is 5.15. The summed E-state index contributed by atoms with van der Waals surface area (Å²) in [6, 6.07) is 0. The first-order chi connectivity index (χ1) is 7.12. The van der Waals surface area contributed by atoms with Crippen molar-refractivity contribution in [3.63, 3.8) is 0 Å². The highest BCUT2D eigenvalue weighted by Gasteiger charge is 2.30. The molecule has 0 aromatic heterocycles. The SMILES string of the molecule is CSCC(C)(O)CNS(=O)(=O)C(C)C(=O)O. The monoisotopic (exact) mass is 271 g/mol. The van der Waals surface area contributed by atoms with E-state index in [0.29, 0.717) is 5.75 Å². The van der Waals surface area contributed by atoms with Crippen molar-refractivity contribution in [3.05, 3.63) is 0 Å². The maximum absolute atomic E-state index is 11.4. The molecule has 0 aliphatic rings. The van der Waals surface area contributed by atoms with E-state index in [9.17, 15) is 18.3 Å². The van der Waals surface area contributed by atoms with Gasteiger partial charge in [0.1, 0.15) is 0 Å². The fourth-order valence-electron chi connectivity index (χ4n) is 0.876. The van der Waals surface area contributed by atoms with E-state index in [2.05, 4.69) is 4.72 Å². The number of aliphatic carboxylic acids is 1. The summed E-state index contributed by atoms with van der Waals surface area (Å²) in [6.07, 6.45) is 1.78. The lowest BCUT2D eigenvalue weighted by molar-refractivity contribution is -0.136. The van der Waals surface area contributed by atoms with Gasteiger partial charge in [0.15, 0.2) is 5.25 Å². The van der Waals surface area contributed by atoms with Crippen LogP contribution in [0.4, 0.5) is 0 Å². The second-order valence-electron chi connectivity index (χ2n) is 3.78. The molecule has 0 aliphatic heterocycles. The van der Waals surface area contributed by atoms with Crippen molar-refractivity contribution in [2.24, 2.45) is 0 Å². The van der Waals surface area contributed by atoms with Gasteiger partial charge in [-0.25, -0.2) is 13.1 Å². The highest BCUT2D eigenvalue weighted by Crippen LogP contribution is 2.10. The lowest BCUT2D eigenvalue weighted by Crippen LogP contribution is -2.46. The Labute approximate surface area is 99.5 Å². The van der Waals surface area contributed by atoms with Crippen molar-refractivity contribution in [1.29, 1.82) is 0 Å². The molecule has 0 aromatic carbocycles. The number of nitrogens with one attached hydrogen (secondary N) is 1. The van der Waals surface area contributed by atoms with Crippen molar-refractivity contribution in [1.82, 2.24) is 4.72 Å². The van der Waals surface area contributed by atoms with Crippen LogP contribution in [0, 0.1) is 0 Å². The molecule has 0 aliphatic carbocycles. The fraction of sp³-hybridized carbons (Fsp3) is 0.875. The van der Waals surface area contributed by atoms with Crippen LogP contribution in [-0.4, -0.2) is 54.0 Å². The molecule has 0 spiro atoms. The summed E-state index contributed by atoms with van der Waals surface area (Å²) in [7, 11) is -3.93. The molecule has 96 valence electrons. The number of aliphatic hydroxyl groups is 1. The van der Waals surface area contributed by atoms with E-state index < -0.39 is 26.8 Å². The Morgan fingerprint density at radius 1 is 1.56 bits per heavy atom. The summed E-state index contributed by atoms with van der Waals surface area (Å²) in [5.74, 6) is -1.06. The number of hydrogen-bond donors (Lipinski definition) is 3. The summed E-state index contributed by atoms with van der Waals surface area (Å²) >= 11 is 1.37. The molecule has 0 radical (unpaired) electrons. The van der Waals surface area contributed by atoms with Gasteiger partial charge in [-0.1, -0.05) is 0 Å². The highest BCUT2D eigenvalue weighted by molar-refractivity contribution is 7.98. The smallest absolute Gasteiger partial charge is 0.323 e. The molecule has 0 saturated carbocycles. The quantitative estimate of drug-likeness (QED) is 0.576. The Hall–Kier alpha value is -0.310. The van der Waals surface area contributed by atoms with Crippen LogP contribution >= 0.6 is 11.8 Å². The molecular weight excluding hydrogens is 254 g/mol. The Balaban J connectivity index is 4.46. The molecule has 6 nitrogen and oxygen atoms in total. The van der Waals surface area contributed by atoms with Gasteiger partial charge in [-0.15, -0.1) is 0 Å². The third-order valence-corrected chi connectivity index (χ3v) is 4.51. The molecular formula is C8H17NO5S2. The molecule has 0 fully saturated rings. The van der Waals surface area contributed by atoms with Crippen LogP contribution < -0.4 is 4.72 Å². The molecule has 0 amide bonds. The second-order valence-corrected chi connectivity index (χ2v) is 6.73. The molecule has 8 heteroatoms. The Kier molecular flexibility index (Phi) is 5.74. The Bertz CT molecular complexity index is 338. The van der Waals surface area contributed by atoms with Crippen molar-refractivity contribution in [2.75, 3.05) is 18.6 Å². The number of hydrogen-bond acceptors (Lipinski definition) is 5. The zero-order valence-corrected chi connectivity index (χ0v) is 11.1. The van der Waals surface area contributed by atoms with Crippen LogP contribution in [0.2, 0.25) is 0 Å². The van der Waals surface area contributed by atoms with Gasteiger partial charge < -0.3 is 10.2 Å². The topological polar surface area (TPSA) is 104 Å². The number of rotatable bonds is 7. The third-order valence-electron chi connectivity index (χ3n) is 1.92. The molecule has 2 atom stereocenters. The van der Waals surface area contributed by atoms with Crippen molar-refractivity contribution in [2.45, 2.75) is 24.7 Å². The van der Waals surface area contributed by atoms with Crippen LogP contribution in [0.5, 0.6) is 0 Å². The zero-order chi connectivity index (χ0) is 13.0. The van der Waals surface area contributed by atoms with Gasteiger partial charge in [0.25, 0.3) is 0 Å². The van der Waals surface area contributed by atoms with E-state index in [-0.39, 0.29) is 6.54 Å². The number of thioether (sulfide) groups is 1. The van der Waals surface area contributed by atoms with Gasteiger partial charge in [-0.2, -0.15) is 11.8 Å². The largest absolute Gasteiger partial charge is 0.480 e. The maximum Gasteiger partial charge on any atom is 0.323 e.